The van der Waals surface area contributed by atoms with Crippen LogP contribution in [0.15, 0.2) is 35.4 Å². The van der Waals surface area contributed by atoms with Crippen molar-refractivity contribution in [3.63, 3.8) is 0 Å². The van der Waals surface area contributed by atoms with Crippen LogP contribution in [0.5, 0.6) is 5.75 Å². The lowest BCUT2D eigenvalue weighted by molar-refractivity contribution is -0.195. The van der Waals surface area contributed by atoms with E-state index in [4.69, 9.17) is 14.2 Å². The molecule has 0 radical (unpaired) electrons. The Hall–Kier alpha value is -3.49. The second-order valence-corrected chi connectivity index (χ2v) is 20.1. The van der Waals surface area contributed by atoms with E-state index >= 15 is 0 Å². The predicted molar refractivity (Wildman–Crippen MR) is 212 cm³/mol. The number of Topliss-reactive ketones (excluding diaryl/α,β-unsaturated/α-hetero) is 1. The van der Waals surface area contributed by atoms with Gasteiger partial charge in [-0.3, -0.25) is 19.2 Å². The molecule has 1 aromatic rings. The highest BCUT2D eigenvalue weighted by atomic mass is 16.5. The zero-order chi connectivity index (χ0) is 40.5. The summed E-state index contributed by atoms with van der Waals surface area (Å²) in [5.41, 5.74) is 0.761. The number of hydrogen-bond donors (Lipinski definition) is 1. The minimum Gasteiger partial charge on any atom is -0.497 e. The Kier molecular flexibility index (Phi) is 10.7. The number of ketones is 1. The zero-order valence-corrected chi connectivity index (χ0v) is 35.2. The van der Waals surface area contributed by atoms with Gasteiger partial charge >= 0.3 is 11.9 Å². The van der Waals surface area contributed by atoms with Gasteiger partial charge in [0.1, 0.15) is 30.2 Å². The topological polar surface area (TPSA) is 125 Å². The lowest BCUT2D eigenvalue weighted by atomic mass is 9.38. The van der Waals surface area contributed by atoms with Gasteiger partial charge in [0, 0.05) is 12.3 Å². The molecule has 56 heavy (non-hydrogen) atoms. The Labute approximate surface area is 333 Å². The lowest BCUT2D eigenvalue weighted by Crippen LogP contribution is -2.63. The van der Waals surface area contributed by atoms with Gasteiger partial charge in [-0.15, -0.1) is 0 Å². The van der Waals surface area contributed by atoms with Gasteiger partial charge in [0.15, 0.2) is 5.78 Å². The highest BCUT2D eigenvalue weighted by Gasteiger charge is 2.65. The average molecular weight is 772 g/mol. The van der Waals surface area contributed by atoms with Crippen LogP contribution in [-0.4, -0.2) is 48.7 Å². The molecule has 1 aromatic carbocycles. The summed E-state index contributed by atoms with van der Waals surface area (Å²) in [6.07, 6.45) is 9.44. The Balaban J connectivity index is 1.08. The van der Waals surface area contributed by atoms with Crippen LogP contribution in [0.4, 0.5) is 0 Å². The molecule has 0 aliphatic heterocycles. The summed E-state index contributed by atoms with van der Waals surface area (Å²) in [6.45, 7) is 16.8. The highest BCUT2D eigenvalue weighted by Crippen LogP contribution is 2.70. The molecule has 0 aromatic heterocycles. The molecule has 9 nitrogen and oxygen atoms in total. The highest BCUT2D eigenvalue weighted by molar-refractivity contribution is 6.05. The smallest absolute Gasteiger partial charge is 0.321 e. The van der Waals surface area contributed by atoms with E-state index in [9.17, 15) is 24.0 Å². The van der Waals surface area contributed by atoms with Crippen LogP contribution in [0.2, 0.25) is 0 Å². The van der Waals surface area contributed by atoms with Crippen LogP contribution in [0, 0.1) is 69.5 Å². The van der Waals surface area contributed by atoms with E-state index in [1.807, 2.05) is 31.2 Å². The van der Waals surface area contributed by atoms with Crippen LogP contribution in [0.3, 0.4) is 0 Å². The van der Waals surface area contributed by atoms with Crippen molar-refractivity contribution in [1.29, 1.82) is 0 Å². The number of benzene rings is 1. The number of amides is 1. The Morgan fingerprint density at radius 2 is 1.59 bits per heavy atom. The summed E-state index contributed by atoms with van der Waals surface area (Å²) in [5.74, 6) is 1.39. The maximum absolute atomic E-state index is 14.3. The minimum atomic E-state index is -1.46. The Morgan fingerprint density at radius 3 is 2.23 bits per heavy atom. The third-order valence-electron chi connectivity index (χ3n) is 16.7. The molecule has 0 bridgehead atoms. The van der Waals surface area contributed by atoms with Gasteiger partial charge in [-0.2, -0.15) is 0 Å². The van der Waals surface area contributed by atoms with Gasteiger partial charge in [0.2, 0.25) is 5.91 Å². The van der Waals surface area contributed by atoms with Crippen molar-refractivity contribution in [2.24, 2.45) is 69.5 Å². The van der Waals surface area contributed by atoms with Crippen LogP contribution >= 0.6 is 0 Å². The summed E-state index contributed by atoms with van der Waals surface area (Å²) >= 11 is 0. The third kappa shape index (κ3) is 6.45. The van der Waals surface area contributed by atoms with Gasteiger partial charge in [0.25, 0.3) is 0 Å². The average Bonchev–Trinajstić information content (AvgIpc) is 3.46. The van der Waals surface area contributed by atoms with Crippen molar-refractivity contribution >= 4 is 29.9 Å². The molecule has 6 aliphatic carbocycles. The number of methoxy groups -OCH3 is 1. The molecule has 0 heterocycles. The fraction of sp³-hybridized carbons (Fsp3) is 0.723. The van der Waals surface area contributed by atoms with Gasteiger partial charge < -0.3 is 24.3 Å². The first kappa shape index (κ1) is 40.7. The molecule has 1 N–H and O–H groups in total. The first-order chi connectivity index (χ1) is 26.4. The number of aldehydes is 1. The first-order valence-corrected chi connectivity index (χ1v) is 21.5. The summed E-state index contributed by atoms with van der Waals surface area (Å²) in [4.78, 5) is 66.4. The Bertz CT molecular complexity index is 1780. The second kappa shape index (κ2) is 14.7. The predicted octanol–water partition coefficient (Wildman–Crippen LogP) is 8.22. The Morgan fingerprint density at radius 1 is 0.929 bits per heavy atom. The number of allylic oxidation sites excluding steroid dienone is 1. The van der Waals surface area contributed by atoms with Gasteiger partial charge in [-0.05, 0) is 153 Å². The first-order valence-electron chi connectivity index (χ1n) is 21.5. The molecule has 5 saturated carbocycles. The molecule has 306 valence electrons. The summed E-state index contributed by atoms with van der Waals surface area (Å²) < 4.78 is 17.2. The molecule has 0 saturated heterocycles. The van der Waals surface area contributed by atoms with E-state index in [1.165, 1.54) is 0 Å². The summed E-state index contributed by atoms with van der Waals surface area (Å²) in [5, 5.41) is 3.37. The minimum absolute atomic E-state index is 0.0300. The maximum atomic E-state index is 14.3. The molecule has 12 atom stereocenters. The van der Waals surface area contributed by atoms with E-state index in [2.05, 4.69) is 39.9 Å². The molecular formula is C47H65NO8. The van der Waals surface area contributed by atoms with Crippen molar-refractivity contribution in [3.05, 3.63) is 41.0 Å². The van der Waals surface area contributed by atoms with Crippen molar-refractivity contribution in [2.75, 3.05) is 7.11 Å². The number of ether oxygens (including phenoxy) is 3. The zero-order valence-electron chi connectivity index (χ0n) is 35.2. The summed E-state index contributed by atoms with van der Waals surface area (Å²) in [6, 6.07) is 7.28. The van der Waals surface area contributed by atoms with E-state index < -0.39 is 22.8 Å². The molecule has 5 fully saturated rings. The van der Waals surface area contributed by atoms with Crippen LogP contribution < -0.4 is 10.1 Å². The second-order valence-electron chi connectivity index (χ2n) is 20.1. The van der Waals surface area contributed by atoms with Crippen molar-refractivity contribution in [1.82, 2.24) is 5.32 Å². The normalized spacial score (nSPS) is 39.0. The van der Waals surface area contributed by atoms with Crippen LogP contribution in [0.25, 0.3) is 0 Å². The van der Waals surface area contributed by atoms with Crippen LogP contribution in [0.1, 0.15) is 125 Å². The molecule has 7 rings (SSSR count). The fourth-order valence-corrected chi connectivity index (χ4v) is 13.3. The third-order valence-corrected chi connectivity index (χ3v) is 16.7. The number of rotatable bonds is 10. The number of esters is 2. The number of fused-ring (bicyclic) bond motifs is 7. The fourth-order valence-electron chi connectivity index (χ4n) is 13.3. The molecule has 0 spiro atoms. The quantitative estimate of drug-likeness (QED) is 0.143. The summed E-state index contributed by atoms with van der Waals surface area (Å²) in [7, 11) is 1.60. The largest absolute Gasteiger partial charge is 0.497 e. The molecule has 9 heteroatoms. The SMILES string of the molecule is COc1ccc(COC(=O)C(C)(C)C(=O)NC23CCC4C(CCC5C4(C)CCC4C(C)C(OC(=O)C6CC(C=O)C6C)CCC45C)C2=C(C(C)C)C(=O)C3)cc1. The monoisotopic (exact) mass is 771 g/mol. The van der Waals surface area contributed by atoms with Crippen LogP contribution in [-0.2, 0) is 40.1 Å². The number of nitrogens with one attached hydrogen (secondary N) is 1. The molecule has 6 aliphatic rings. The molecule has 1 amide bonds. The van der Waals surface area contributed by atoms with Crippen molar-refractivity contribution < 1.29 is 38.2 Å². The van der Waals surface area contributed by atoms with Gasteiger partial charge in [-0.25, -0.2) is 0 Å². The van der Waals surface area contributed by atoms with Crippen molar-refractivity contribution in [2.45, 2.75) is 138 Å². The van der Waals surface area contributed by atoms with Gasteiger partial charge in [-0.1, -0.05) is 53.7 Å². The van der Waals surface area contributed by atoms with Crippen molar-refractivity contribution in [3.8, 4) is 5.75 Å². The molecular weight excluding hydrogens is 707 g/mol. The number of carbonyl (C=O) groups is 5. The number of carbonyl (C=O) groups excluding carboxylic acids is 5. The van der Waals surface area contributed by atoms with E-state index in [0.29, 0.717) is 36.3 Å². The maximum Gasteiger partial charge on any atom is 0.321 e. The number of hydrogen-bond acceptors (Lipinski definition) is 8. The van der Waals surface area contributed by atoms with E-state index in [-0.39, 0.29) is 77.2 Å². The van der Waals surface area contributed by atoms with E-state index in [0.717, 1.165) is 67.9 Å². The molecule has 12 unspecified atom stereocenters. The lowest BCUT2D eigenvalue weighted by Gasteiger charge is -2.67. The van der Waals surface area contributed by atoms with E-state index in [1.54, 1.807) is 21.0 Å². The standard InChI is InChI=1S/C47H65NO8/c1-26(2)39-36(50)23-47(48-42(52)44(5,6)43(53)55-25-29-10-12-31(54-9)13-11-29)21-17-35-32(40(39)47)14-15-38-45(7)20-18-37(28(4)34(45)16-19-46(35,38)8)56-41(51)33-22-30(24-49)27(33)3/h10-13,24,26-28,30,32-35,37-38H,14-23,25H2,1-9H3,(H,48,52). The van der Waals surface area contributed by atoms with Gasteiger partial charge in [0.05, 0.1) is 18.6 Å².